The molecule has 0 atom stereocenters. The summed E-state index contributed by atoms with van der Waals surface area (Å²) in [5.74, 6) is 0.652. The van der Waals surface area contributed by atoms with Crippen LogP contribution in [0.2, 0.25) is 0 Å². The first-order chi connectivity index (χ1) is 11.8. The molecule has 1 aromatic carbocycles. The molecule has 0 saturated carbocycles. The van der Waals surface area contributed by atoms with Gasteiger partial charge in [0, 0.05) is 12.2 Å². The van der Waals surface area contributed by atoms with E-state index in [1.807, 2.05) is 18.2 Å². The molecule has 2 aromatic rings. The topological polar surface area (TPSA) is 57.1 Å². The number of rotatable bonds is 10. The molecule has 0 unspecified atom stereocenters. The van der Waals surface area contributed by atoms with Gasteiger partial charge in [-0.3, -0.25) is 0 Å². The zero-order valence-electron chi connectivity index (χ0n) is 14.9. The molecule has 0 saturated heterocycles. The molecule has 130 valence electrons. The summed E-state index contributed by atoms with van der Waals surface area (Å²) in [7, 11) is 1.64. The van der Waals surface area contributed by atoms with E-state index in [0.29, 0.717) is 18.1 Å². The van der Waals surface area contributed by atoms with Crippen molar-refractivity contribution in [3.63, 3.8) is 0 Å². The minimum atomic E-state index is 0.395. The van der Waals surface area contributed by atoms with Crippen LogP contribution in [0.3, 0.4) is 0 Å². The lowest BCUT2D eigenvalue weighted by Gasteiger charge is -2.13. The van der Waals surface area contributed by atoms with Crippen molar-refractivity contribution in [3.05, 3.63) is 35.5 Å². The standard InChI is InChI=1S/C19H27N3O2/c1-4-6-7-10-13-24-14-17-19(23-3)18(21-22-20-17)16-12-9-8-11-15(16)5-2/h8-9,11-12H,4-7,10,13-14H2,1-3H3. The van der Waals surface area contributed by atoms with Crippen molar-refractivity contribution in [1.82, 2.24) is 15.4 Å². The number of unbranched alkanes of at least 4 members (excludes halogenated alkanes) is 3. The summed E-state index contributed by atoms with van der Waals surface area (Å²) >= 11 is 0. The summed E-state index contributed by atoms with van der Waals surface area (Å²) < 4.78 is 11.3. The van der Waals surface area contributed by atoms with Gasteiger partial charge in [-0.05, 0) is 23.6 Å². The molecule has 5 nitrogen and oxygen atoms in total. The van der Waals surface area contributed by atoms with E-state index in [-0.39, 0.29) is 0 Å². The molecule has 0 radical (unpaired) electrons. The summed E-state index contributed by atoms with van der Waals surface area (Å²) in [5, 5.41) is 12.2. The number of ether oxygens (including phenoxy) is 2. The van der Waals surface area contributed by atoms with Gasteiger partial charge in [0.15, 0.2) is 5.75 Å². The maximum Gasteiger partial charge on any atom is 0.172 e. The quantitative estimate of drug-likeness (QED) is 0.611. The first-order valence-electron chi connectivity index (χ1n) is 8.74. The molecule has 5 heteroatoms. The maximum absolute atomic E-state index is 5.75. The molecule has 0 fully saturated rings. The van der Waals surface area contributed by atoms with Crippen LogP contribution in [-0.4, -0.2) is 29.1 Å². The van der Waals surface area contributed by atoms with Crippen LogP contribution in [0.25, 0.3) is 11.3 Å². The summed E-state index contributed by atoms with van der Waals surface area (Å²) in [6.07, 6.45) is 5.67. The van der Waals surface area contributed by atoms with E-state index < -0.39 is 0 Å². The average molecular weight is 329 g/mol. The predicted molar refractivity (Wildman–Crippen MR) is 95.0 cm³/mol. The second-order valence-electron chi connectivity index (χ2n) is 5.74. The van der Waals surface area contributed by atoms with Crippen molar-refractivity contribution >= 4 is 0 Å². The van der Waals surface area contributed by atoms with Gasteiger partial charge in [0.2, 0.25) is 0 Å². The summed E-state index contributed by atoms with van der Waals surface area (Å²) in [5.41, 5.74) is 3.68. The molecule has 0 N–H and O–H groups in total. The van der Waals surface area contributed by atoms with Gasteiger partial charge in [0.25, 0.3) is 0 Å². The van der Waals surface area contributed by atoms with Gasteiger partial charge in [-0.25, -0.2) is 0 Å². The van der Waals surface area contributed by atoms with E-state index in [1.54, 1.807) is 7.11 Å². The normalized spacial score (nSPS) is 10.8. The Bertz CT molecular complexity index is 632. The fourth-order valence-electron chi connectivity index (χ4n) is 2.69. The molecule has 2 rings (SSSR count). The van der Waals surface area contributed by atoms with Gasteiger partial charge in [-0.2, -0.15) is 0 Å². The second kappa shape index (κ2) is 9.98. The highest BCUT2D eigenvalue weighted by Gasteiger charge is 2.17. The van der Waals surface area contributed by atoms with Gasteiger partial charge < -0.3 is 9.47 Å². The average Bonchev–Trinajstić information content (AvgIpc) is 2.64. The Morgan fingerprint density at radius 3 is 2.58 bits per heavy atom. The number of nitrogens with zero attached hydrogens (tertiary/aromatic N) is 3. The molecular formula is C19H27N3O2. The van der Waals surface area contributed by atoms with Gasteiger partial charge in [-0.15, -0.1) is 10.2 Å². The lowest BCUT2D eigenvalue weighted by molar-refractivity contribution is 0.111. The molecule has 1 heterocycles. The molecule has 1 aromatic heterocycles. The zero-order valence-corrected chi connectivity index (χ0v) is 14.9. The van der Waals surface area contributed by atoms with Crippen molar-refractivity contribution in [1.29, 1.82) is 0 Å². The van der Waals surface area contributed by atoms with Crippen molar-refractivity contribution in [2.24, 2.45) is 0 Å². The van der Waals surface area contributed by atoms with Crippen molar-refractivity contribution in [2.45, 2.75) is 52.6 Å². The number of aryl methyl sites for hydroxylation is 1. The van der Waals surface area contributed by atoms with E-state index in [9.17, 15) is 0 Å². The van der Waals surface area contributed by atoms with Gasteiger partial charge in [0.05, 0.1) is 13.7 Å². The minimum Gasteiger partial charge on any atom is -0.492 e. The van der Waals surface area contributed by atoms with Crippen LogP contribution in [0.1, 0.15) is 50.8 Å². The van der Waals surface area contributed by atoms with Gasteiger partial charge >= 0.3 is 0 Å². The van der Waals surface area contributed by atoms with Crippen LogP contribution in [0.5, 0.6) is 5.75 Å². The first kappa shape index (κ1) is 18.3. The lowest BCUT2D eigenvalue weighted by Crippen LogP contribution is -2.06. The van der Waals surface area contributed by atoms with Crippen molar-refractivity contribution < 1.29 is 9.47 Å². The summed E-state index contributed by atoms with van der Waals surface area (Å²) in [4.78, 5) is 0. The van der Waals surface area contributed by atoms with Gasteiger partial charge in [-0.1, -0.05) is 57.4 Å². The van der Waals surface area contributed by atoms with Crippen LogP contribution in [0.4, 0.5) is 0 Å². The van der Waals surface area contributed by atoms with Crippen LogP contribution in [-0.2, 0) is 17.8 Å². The van der Waals surface area contributed by atoms with Gasteiger partial charge in [0.1, 0.15) is 11.4 Å². The third kappa shape index (κ3) is 4.74. The smallest absolute Gasteiger partial charge is 0.172 e. The lowest BCUT2D eigenvalue weighted by atomic mass is 10.0. The fourth-order valence-corrected chi connectivity index (χ4v) is 2.69. The van der Waals surface area contributed by atoms with Crippen LogP contribution < -0.4 is 4.74 Å². The van der Waals surface area contributed by atoms with E-state index in [4.69, 9.17) is 9.47 Å². The minimum absolute atomic E-state index is 0.395. The predicted octanol–water partition coefficient (Wildman–Crippen LogP) is 4.21. The third-order valence-electron chi connectivity index (χ3n) is 4.03. The largest absolute Gasteiger partial charge is 0.492 e. The van der Waals surface area contributed by atoms with Crippen molar-refractivity contribution in [2.75, 3.05) is 13.7 Å². The Labute approximate surface area is 144 Å². The second-order valence-corrected chi connectivity index (χ2v) is 5.74. The molecule has 0 spiro atoms. The Kier molecular flexibility index (Phi) is 7.62. The monoisotopic (exact) mass is 329 g/mol. The van der Waals surface area contributed by atoms with E-state index in [1.165, 1.54) is 24.8 Å². The SMILES string of the molecule is CCCCCCOCc1nnnc(-c2ccccc2CC)c1OC. The van der Waals surface area contributed by atoms with Crippen LogP contribution in [0, 0.1) is 0 Å². The Hall–Kier alpha value is -2.01. The highest BCUT2D eigenvalue weighted by molar-refractivity contribution is 5.69. The first-order valence-corrected chi connectivity index (χ1v) is 8.74. The fraction of sp³-hybridized carbons (Fsp3) is 0.526. The third-order valence-corrected chi connectivity index (χ3v) is 4.03. The highest BCUT2D eigenvalue weighted by Crippen LogP contribution is 2.32. The number of methoxy groups -OCH3 is 1. The molecule has 0 aliphatic carbocycles. The Morgan fingerprint density at radius 2 is 1.83 bits per heavy atom. The number of benzene rings is 1. The van der Waals surface area contributed by atoms with Crippen LogP contribution in [0.15, 0.2) is 24.3 Å². The molecule has 0 amide bonds. The zero-order chi connectivity index (χ0) is 17.2. The van der Waals surface area contributed by atoms with E-state index in [2.05, 4.69) is 35.3 Å². The number of hydrogen-bond donors (Lipinski definition) is 0. The molecule has 24 heavy (non-hydrogen) atoms. The van der Waals surface area contributed by atoms with E-state index >= 15 is 0 Å². The highest BCUT2D eigenvalue weighted by atomic mass is 16.5. The summed E-state index contributed by atoms with van der Waals surface area (Å²) in [6.45, 7) is 5.45. The van der Waals surface area contributed by atoms with Crippen molar-refractivity contribution in [3.8, 4) is 17.0 Å². The molecule has 0 aliphatic heterocycles. The number of hydrogen-bond acceptors (Lipinski definition) is 5. The summed E-state index contributed by atoms with van der Waals surface area (Å²) in [6, 6.07) is 8.17. The Balaban J connectivity index is 2.14. The number of aromatic nitrogens is 3. The molecular weight excluding hydrogens is 302 g/mol. The van der Waals surface area contributed by atoms with E-state index in [0.717, 1.165) is 30.7 Å². The Morgan fingerprint density at radius 1 is 1.00 bits per heavy atom. The van der Waals surface area contributed by atoms with Crippen LogP contribution >= 0.6 is 0 Å². The molecule has 0 bridgehead atoms. The maximum atomic E-state index is 5.75. The molecule has 0 aliphatic rings.